The lowest BCUT2D eigenvalue weighted by Gasteiger charge is -1.97. The first kappa shape index (κ1) is 8.86. The van der Waals surface area contributed by atoms with Crippen LogP contribution in [0.1, 0.15) is 5.69 Å². The Bertz CT molecular complexity index is 365. The molecule has 6 heteroatoms. The van der Waals surface area contributed by atoms with Crippen LogP contribution in [0.2, 0.25) is 5.02 Å². The molecule has 0 saturated carbocycles. The van der Waals surface area contributed by atoms with Crippen LogP contribution < -0.4 is 5.56 Å². The second-order valence-corrected chi connectivity index (χ2v) is 2.71. The van der Waals surface area contributed by atoms with Crippen LogP contribution in [0.5, 0.6) is 0 Å². The molecule has 12 heavy (non-hydrogen) atoms. The van der Waals surface area contributed by atoms with Gasteiger partial charge >= 0.3 is 5.97 Å². The lowest BCUT2D eigenvalue weighted by Crippen LogP contribution is -2.06. The quantitative estimate of drug-likeness (QED) is 0.689. The van der Waals surface area contributed by atoms with Crippen molar-refractivity contribution in [3.8, 4) is 0 Å². The fourth-order valence-corrected chi connectivity index (χ4v) is 1.12. The third-order valence-corrected chi connectivity index (χ3v) is 1.84. The van der Waals surface area contributed by atoms with Crippen molar-refractivity contribution < 1.29 is 9.90 Å². The van der Waals surface area contributed by atoms with Crippen molar-refractivity contribution in [2.24, 2.45) is 7.05 Å². The van der Waals surface area contributed by atoms with E-state index in [0.29, 0.717) is 0 Å². The minimum atomic E-state index is -1.02. The molecule has 0 aliphatic carbocycles. The summed E-state index contributed by atoms with van der Waals surface area (Å²) < 4.78 is 1.30. The molecule has 1 aromatic heterocycles. The number of nitrogens with zero attached hydrogens (tertiary/aromatic N) is 1. The number of rotatable bonds is 2. The smallest absolute Gasteiger partial charge is 0.309 e. The maximum atomic E-state index is 10.8. The summed E-state index contributed by atoms with van der Waals surface area (Å²) in [6.45, 7) is 0. The van der Waals surface area contributed by atoms with Crippen molar-refractivity contribution in [2.45, 2.75) is 6.42 Å². The Morgan fingerprint density at radius 1 is 1.75 bits per heavy atom. The predicted octanol–water partition coefficient (Wildman–Crippen LogP) is -0.00610. The third-order valence-electron chi connectivity index (χ3n) is 1.45. The summed E-state index contributed by atoms with van der Waals surface area (Å²) in [5.41, 5.74) is -0.176. The fourth-order valence-electron chi connectivity index (χ4n) is 0.887. The van der Waals surface area contributed by atoms with E-state index in [1.54, 1.807) is 0 Å². The average Bonchev–Trinajstić information content (AvgIpc) is 2.16. The fraction of sp³-hybridized carbons (Fsp3) is 0.333. The highest BCUT2D eigenvalue weighted by Gasteiger charge is 2.12. The number of aliphatic carboxylic acids is 1. The number of carbonyl (C=O) groups is 1. The van der Waals surface area contributed by atoms with Crippen molar-refractivity contribution in [1.29, 1.82) is 0 Å². The highest BCUT2D eigenvalue weighted by molar-refractivity contribution is 6.31. The molecule has 0 aromatic carbocycles. The summed E-state index contributed by atoms with van der Waals surface area (Å²) in [4.78, 5) is 21.1. The first-order chi connectivity index (χ1) is 5.52. The van der Waals surface area contributed by atoms with E-state index in [4.69, 9.17) is 16.7 Å². The molecule has 0 bridgehead atoms. The van der Waals surface area contributed by atoms with Gasteiger partial charge < -0.3 is 5.11 Å². The lowest BCUT2D eigenvalue weighted by atomic mass is 10.3. The number of hydrogen-bond donors (Lipinski definition) is 2. The zero-order valence-corrected chi connectivity index (χ0v) is 7.05. The van der Waals surface area contributed by atoms with Gasteiger partial charge in [0.2, 0.25) is 0 Å². The Kier molecular flexibility index (Phi) is 2.23. The van der Waals surface area contributed by atoms with Crippen molar-refractivity contribution in [3.63, 3.8) is 0 Å². The normalized spacial score (nSPS) is 10.2. The SMILES string of the molecule is Cn1[nH]c(=O)c(Cl)c1CC(=O)O. The number of carboxylic acid groups (broad SMARTS) is 1. The molecule has 0 aliphatic rings. The summed E-state index contributed by atoms with van der Waals surface area (Å²) in [6.07, 6.45) is -0.256. The van der Waals surface area contributed by atoms with Crippen LogP contribution in [0.3, 0.4) is 0 Å². The Labute approximate surface area is 72.6 Å². The predicted molar refractivity (Wildman–Crippen MR) is 42.4 cm³/mol. The lowest BCUT2D eigenvalue weighted by molar-refractivity contribution is -0.136. The number of aryl methyl sites for hydroxylation is 1. The summed E-state index contributed by atoms with van der Waals surface area (Å²) >= 11 is 5.53. The van der Waals surface area contributed by atoms with Crippen molar-refractivity contribution in [1.82, 2.24) is 9.78 Å². The van der Waals surface area contributed by atoms with Gasteiger partial charge in [0.1, 0.15) is 5.02 Å². The van der Waals surface area contributed by atoms with Crippen LogP contribution in [-0.4, -0.2) is 20.9 Å². The van der Waals surface area contributed by atoms with E-state index in [2.05, 4.69) is 5.10 Å². The molecule has 2 N–H and O–H groups in total. The molecular formula is C6H7ClN2O3. The van der Waals surface area contributed by atoms with E-state index in [-0.39, 0.29) is 17.1 Å². The first-order valence-corrected chi connectivity index (χ1v) is 3.55. The average molecular weight is 191 g/mol. The molecule has 0 atom stereocenters. The Morgan fingerprint density at radius 3 is 2.67 bits per heavy atom. The molecule has 0 radical (unpaired) electrons. The van der Waals surface area contributed by atoms with E-state index in [1.165, 1.54) is 11.7 Å². The Hall–Kier alpha value is -1.23. The van der Waals surface area contributed by atoms with Crippen molar-refractivity contribution in [3.05, 3.63) is 21.1 Å². The number of aromatic amines is 1. The van der Waals surface area contributed by atoms with E-state index < -0.39 is 11.5 Å². The standard InChI is InChI=1S/C6H7ClN2O3/c1-9-3(2-4(10)11)5(7)6(12)8-9/h2H2,1H3,(H,8,12)(H,10,11). The number of nitrogens with one attached hydrogen (secondary N) is 1. The molecular weight excluding hydrogens is 184 g/mol. The van der Waals surface area contributed by atoms with Gasteiger partial charge in [0, 0.05) is 7.05 Å². The second kappa shape index (κ2) is 3.02. The molecule has 5 nitrogen and oxygen atoms in total. The Morgan fingerprint density at radius 2 is 2.33 bits per heavy atom. The first-order valence-electron chi connectivity index (χ1n) is 3.17. The highest BCUT2D eigenvalue weighted by Crippen LogP contribution is 2.09. The summed E-state index contributed by atoms with van der Waals surface area (Å²) in [7, 11) is 1.53. The van der Waals surface area contributed by atoms with Gasteiger partial charge in [-0.05, 0) is 0 Å². The molecule has 1 rings (SSSR count). The number of H-pyrrole nitrogens is 1. The molecule has 0 unspecified atom stereocenters. The maximum absolute atomic E-state index is 10.8. The maximum Gasteiger partial charge on any atom is 0.309 e. The molecule has 0 aliphatic heterocycles. The van der Waals surface area contributed by atoms with Crippen LogP contribution >= 0.6 is 11.6 Å². The topological polar surface area (TPSA) is 75.1 Å². The summed E-state index contributed by atoms with van der Waals surface area (Å²) in [5, 5.41) is 10.7. The zero-order chi connectivity index (χ0) is 9.30. The van der Waals surface area contributed by atoms with Gasteiger partial charge in [-0.1, -0.05) is 11.6 Å². The number of hydrogen-bond acceptors (Lipinski definition) is 2. The van der Waals surface area contributed by atoms with Gasteiger partial charge in [-0.2, -0.15) is 0 Å². The largest absolute Gasteiger partial charge is 0.481 e. The van der Waals surface area contributed by atoms with Crippen LogP contribution in [0, 0.1) is 0 Å². The molecule has 0 fully saturated rings. The van der Waals surface area contributed by atoms with Gasteiger partial charge in [-0.25, -0.2) is 0 Å². The van der Waals surface area contributed by atoms with Crippen molar-refractivity contribution in [2.75, 3.05) is 0 Å². The van der Waals surface area contributed by atoms with Crippen LogP contribution in [0.4, 0.5) is 0 Å². The van der Waals surface area contributed by atoms with Crippen LogP contribution in [-0.2, 0) is 18.3 Å². The molecule has 1 heterocycles. The summed E-state index contributed by atoms with van der Waals surface area (Å²) in [5.74, 6) is -1.02. The second-order valence-electron chi connectivity index (χ2n) is 2.33. The van der Waals surface area contributed by atoms with E-state index in [0.717, 1.165) is 0 Å². The van der Waals surface area contributed by atoms with Gasteiger partial charge in [0.15, 0.2) is 0 Å². The van der Waals surface area contributed by atoms with E-state index in [1.807, 2.05) is 0 Å². The molecule has 66 valence electrons. The molecule has 0 saturated heterocycles. The Balaban J connectivity index is 3.14. The molecule has 0 amide bonds. The van der Waals surface area contributed by atoms with Gasteiger partial charge in [0.05, 0.1) is 12.1 Å². The van der Waals surface area contributed by atoms with Gasteiger partial charge in [-0.15, -0.1) is 0 Å². The van der Waals surface area contributed by atoms with Gasteiger partial charge in [0.25, 0.3) is 5.56 Å². The van der Waals surface area contributed by atoms with Gasteiger partial charge in [-0.3, -0.25) is 19.4 Å². The molecule has 0 spiro atoms. The number of aromatic nitrogens is 2. The number of halogens is 1. The van der Waals surface area contributed by atoms with Crippen molar-refractivity contribution >= 4 is 17.6 Å². The molecule has 1 aromatic rings. The van der Waals surface area contributed by atoms with E-state index >= 15 is 0 Å². The summed E-state index contributed by atoms with van der Waals surface area (Å²) in [6, 6.07) is 0. The third kappa shape index (κ3) is 1.50. The van der Waals surface area contributed by atoms with Crippen LogP contribution in [0.15, 0.2) is 4.79 Å². The number of carboxylic acids is 1. The minimum absolute atomic E-state index is 0.0556. The van der Waals surface area contributed by atoms with E-state index in [9.17, 15) is 9.59 Å². The van der Waals surface area contributed by atoms with Crippen LogP contribution in [0.25, 0.3) is 0 Å². The zero-order valence-electron chi connectivity index (χ0n) is 6.30. The minimum Gasteiger partial charge on any atom is -0.481 e. The monoisotopic (exact) mass is 190 g/mol. The highest BCUT2D eigenvalue weighted by atomic mass is 35.5.